The fraction of sp³-hybridized carbons (Fsp3) is 0.765. The van der Waals surface area contributed by atoms with Gasteiger partial charge in [0.1, 0.15) is 23.2 Å². The predicted molar refractivity (Wildman–Crippen MR) is 133 cm³/mol. The quantitative estimate of drug-likeness (QED) is 0.0740. The van der Waals surface area contributed by atoms with Crippen molar-refractivity contribution in [3.8, 4) is 0 Å². The molecule has 4 atom stereocenters. The van der Waals surface area contributed by atoms with Gasteiger partial charge in [-0.25, -0.2) is 0 Å². The van der Waals surface area contributed by atoms with Crippen LogP contribution in [0.4, 0.5) is 0 Å². The van der Waals surface area contributed by atoms with Crippen molar-refractivity contribution in [2.45, 2.75) is 55.3 Å². The normalized spacial score (nSPS) is 16.8. The summed E-state index contributed by atoms with van der Waals surface area (Å²) in [6, 6.07) is -2.09. The van der Waals surface area contributed by atoms with Gasteiger partial charge in [0.25, 0.3) is 0 Å². The van der Waals surface area contributed by atoms with Crippen LogP contribution >= 0.6 is 43.2 Å². The number of aliphatic carboxylic acids is 4. The van der Waals surface area contributed by atoms with Crippen LogP contribution in [0.2, 0.25) is 0 Å². The number of carbonyl (C=O) groups is 4. The van der Waals surface area contributed by atoms with Gasteiger partial charge in [-0.3, -0.25) is 19.2 Å². The Labute approximate surface area is 207 Å². The first-order valence-corrected chi connectivity index (χ1v) is 14.7. The van der Waals surface area contributed by atoms with E-state index in [1.54, 1.807) is 0 Å². The second-order valence-corrected chi connectivity index (χ2v) is 12.5. The minimum Gasteiger partial charge on any atom is -0.480 e. The van der Waals surface area contributed by atoms with E-state index in [0.717, 1.165) is 43.2 Å². The third-order valence-electron chi connectivity index (χ3n) is 4.53. The second kappa shape index (κ2) is 15.9. The number of unbranched alkanes of at least 4 members (excludes halogenated alkanes) is 2. The highest BCUT2D eigenvalue weighted by Crippen LogP contribution is 2.30. The highest BCUT2D eigenvalue weighted by molar-refractivity contribution is 8.77. The molecular weight excluding hydrogens is 516 g/mol. The number of carboxylic acids is 4. The van der Waals surface area contributed by atoms with Crippen molar-refractivity contribution in [2.75, 3.05) is 23.0 Å². The highest BCUT2D eigenvalue weighted by Gasteiger charge is 2.35. The van der Waals surface area contributed by atoms with E-state index in [1.165, 1.54) is 0 Å². The van der Waals surface area contributed by atoms with Gasteiger partial charge in [-0.2, -0.15) is 0 Å². The number of rotatable bonds is 20. The zero-order valence-corrected chi connectivity index (χ0v) is 21.1. The highest BCUT2D eigenvalue weighted by atomic mass is 33.1. The monoisotopic (exact) mass is 548 g/mol. The summed E-state index contributed by atoms with van der Waals surface area (Å²) in [6.07, 6.45) is 1.70. The molecular formula is C17H32N4O8S4. The van der Waals surface area contributed by atoms with E-state index in [1.807, 2.05) is 0 Å². The lowest BCUT2D eigenvalue weighted by atomic mass is 9.92. The third kappa shape index (κ3) is 13.0. The van der Waals surface area contributed by atoms with Crippen LogP contribution in [-0.2, 0) is 19.2 Å². The molecule has 0 saturated carbocycles. The molecule has 0 aliphatic heterocycles. The summed E-state index contributed by atoms with van der Waals surface area (Å²) in [7, 11) is 4.56. The molecule has 0 spiro atoms. The Bertz CT molecular complexity index is 623. The maximum absolute atomic E-state index is 11.6. The van der Waals surface area contributed by atoms with Gasteiger partial charge in [0, 0.05) is 23.0 Å². The van der Waals surface area contributed by atoms with Crippen molar-refractivity contribution < 1.29 is 39.6 Å². The van der Waals surface area contributed by atoms with Gasteiger partial charge in [0.05, 0.1) is 0 Å². The second-order valence-electron chi connectivity index (χ2n) is 7.47. The van der Waals surface area contributed by atoms with Crippen molar-refractivity contribution in [3.63, 3.8) is 0 Å². The summed E-state index contributed by atoms with van der Waals surface area (Å²) in [4.78, 5) is 44.6. The predicted octanol–water partition coefficient (Wildman–Crippen LogP) is 0.0877. The molecule has 0 bridgehead atoms. The standard InChI is InChI=1S/C17H32N4O8S4/c18-10(12(22)23)6-30-32-8-16(20,14(26)27)4-2-1-3-5-17(21,15(28)29)9-33-31-7-11(19)13(24)25/h10-11H,1-9,18-21H2,(H,22,23)(H,24,25)(H,26,27)(H,28,29). The molecule has 33 heavy (non-hydrogen) atoms. The summed E-state index contributed by atoms with van der Waals surface area (Å²) < 4.78 is 0. The van der Waals surface area contributed by atoms with E-state index in [2.05, 4.69) is 0 Å². The molecule has 0 rings (SSSR count). The minimum atomic E-state index is -1.51. The fourth-order valence-electron chi connectivity index (χ4n) is 2.22. The molecule has 0 radical (unpaired) electrons. The van der Waals surface area contributed by atoms with Crippen LogP contribution < -0.4 is 22.9 Å². The zero-order valence-electron chi connectivity index (χ0n) is 17.9. The molecule has 0 amide bonds. The largest absolute Gasteiger partial charge is 0.480 e. The summed E-state index contributed by atoms with van der Waals surface area (Å²) in [5.74, 6) is -4.29. The zero-order chi connectivity index (χ0) is 25.7. The first-order valence-electron chi connectivity index (χ1n) is 9.75. The summed E-state index contributed by atoms with van der Waals surface area (Å²) >= 11 is 0. The number of hydrogen-bond acceptors (Lipinski definition) is 12. The van der Waals surface area contributed by atoms with Crippen LogP contribution in [0.3, 0.4) is 0 Å². The Balaban J connectivity index is 4.42. The molecule has 192 valence electrons. The lowest BCUT2D eigenvalue weighted by molar-refractivity contribution is -0.143. The Hall–Kier alpha value is -0.880. The third-order valence-corrected chi connectivity index (χ3v) is 9.64. The molecule has 4 unspecified atom stereocenters. The maximum atomic E-state index is 11.6. The summed E-state index contributed by atoms with van der Waals surface area (Å²) in [5, 5.41) is 36.4. The van der Waals surface area contributed by atoms with E-state index >= 15 is 0 Å². The minimum absolute atomic E-state index is 0.0572. The van der Waals surface area contributed by atoms with Crippen molar-refractivity contribution in [1.82, 2.24) is 0 Å². The molecule has 0 fully saturated rings. The molecule has 0 aromatic carbocycles. The van der Waals surface area contributed by atoms with Crippen molar-refractivity contribution in [1.29, 1.82) is 0 Å². The van der Waals surface area contributed by atoms with Gasteiger partial charge >= 0.3 is 23.9 Å². The molecule has 0 heterocycles. The van der Waals surface area contributed by atoms with E-state index < -0.39 is 47.0 Å². The Morgan fingerprint density at radius 3 is 1.24 bits per heavy atom. The van der Waals surface area contributed by atoms with Gasteiger partial charge in [0.15, 0.2) is 0 Å². The average Bonchev–Trinajstić information content (AvgIpc) is 2.73. The van der Waals surface area contributed by atoms with Crippen molar-refractivity contribution in [3.05, 3.63) is 0 Å². The topological polar surface area (TPSA) is 253 Å². The van der Waals surface area contributed by atoms with Crippen LogP contribution in [-0.4, -0.2) is 90.5 Å². The maximum Gasteiger partial charge on any atom is 0.324 e. The molecule has 12 N–H and O–H groups in total. The first kappa shape index (κ1) is 32.1. The van der Waals surface area contributed by atoms with Crippen molar-refractivity contribution >= 4 is 67.1 Å². The first-order chi connectivity index (χ1) is 15.2. The smallest absolute Gasteiger partial charge is 0.324 e. The van der Waals surface area contributed by atoms with E-state index in [4.69, 9.17) is 33.1 Å². The molecule has 0 aromatic rings. The number of nitrogens with two attached hydrogens (primary N) is 4. The van der Waals surface area contributed by atoms with Gasteiger partial charge in [-0.15, -0.1) is 0 Å². The Morgan fingerprint density at radius 2 is 0.970 bits per heavy atom. The lowest BCUT2D eigenvalue weighted by Gasteiger charge is -2.26. The van der Waals surface area contributed by atoms with E-state index in [9.17, 15) is 29.4 Å². The molecule has 0 saturated heterocycles. The van der Waals surface area contributed by atoms with Crippen molar-refractivity contribution in [2.24, 2.45) is 22.9 Å². The van der Waals surface area contributed by atoms with Crippen LogP contribution in [0.1, 0.15) is 32.1 Å². The van der Waals surface area contributed by atoms with Gasteiger partial charge in [-0.1, -0.05) is 62.4 Å². The molecule has 0 aliphatic rings. The lowest BCUT2D eigenvalue weighted by Crippen LogP contribution is -2.50. The molecule has 0 aromatic heterocycles. The van der Waals surface area contributed by atoms with E-state index in [-0.39, 0.29) is 35.9 Å². The van der Waals surface area contributed by atoms with E-state index in [0.29, 0.717) is 19.3 Å². The van der Waals surface area contributed by atoms with Crippen LogP contribution in [0.5, 0.6) is 0 Å². The molecule has 16 heteroatoms. The van der Waals surface area contributed by atoms with Crippen LogP contribution in [0, 0.1) is 0 Å². The van der Waals surface area contributed by atoms with Gasteiger partial charge < -0.3 is 43.4 Å². The number of carboxylic acid groups (broad SMARTS) is 4. The fourth-order valence-corrected chi connectivity index (χ4v) is 7.33. The molecule has 12 nitrogen and oxygen atoms in total. The Kier molecular flexibility index (Phi) is 15.5. The molecule has 0 aliphatic carbocycles. The Morgan fingerprint density at radius 1 is 0.636 bits per heavy atom. The van der Waals surface area contributed by atoms with Crippen LogP contribution in [0.15, 0.2) is 0 Å². The van der Waals surface area contributed by atoms with Gasteiger partial charge in [0.2, 0.25) is 0 Å². The SMILES string of the molecule is NC(CSSCC(N)(CCCCCC(N)(CSSCC(N)C(=O)O)C(=O)O)C(=O)O)C(=O)O. The number of hydrogen-bond donors (Lipinski definition) is 8. The average molecular weight is 549 g/mol. The van der Waals surface area contributed by atoms with Gasteiger partial charge in [-0.05, 0) is 12.8 Å². The summed E-state index contributed by atoms with van der Waals surface area (Å²) in [5.41, 5.74) is 19.8. The summed E-state index contributed by atoms with van der Waals surface area (Å²) in [6.45, 7) is 0. The van der Waals surface area contributed by atoms with Crippen LogP contribution in [0.25, 0.3) is 0 Å².